The number of rotatable bonds is 9. The molecule has 3 atom stereocenters. The van der Waals surface area contributed by atoms with Crippen molar-refractivity contribution < 1.29 is 9.59 Å². The van der Waals surface area contributed by atoms with Crippen molar-refractivity contribution >= 4 is 36.6 Å². The maximum atomic E-state index is 12.3. The number of amides is 2. The number of carbonyl (C=O) groups excluding carboxylic acids is 2. The van der Waals surface area contributed by atoms with E-state index in [9.17, 15) is 9.59 Å². The Kier molecular flexibility index (Phi) is 12.2. The van der Waals surface area contributed by atoms with Gasteiger partial charge in [0.05, 0.1) is 18.1 Å². The number of aromatic nitrogens is 2. The van der Waals surface area contributed by atoms with E-state index in [-0.39, 0.29) is 42.7 Å². The first kappa shape index (κ1) is 26.9. The zero-order chi connectivity index (χ0) is 19.8. The van der Waals surface area contributed by atoms with Crippen molar-refractivity contribution in [1.82, 2.24) is 20.2 Å². The van der Waals surface area contributed by atoms with Crippen LogP contribution < -0.4 is 16.4 Å². The number of imidazole rings is 1. The molecule has 0 aliphatic rings. The van der Waals surface area contributed by atoms with Crippen LogP contribution in [0, 0.1) is 0 Å². The number of hydrogen-bond acceptors (Lipinski definition) is 4. The molecule has 0 spiro atoms. The molecule has 7 nitrogen and oxygen atoms in total. The average molecular weight is 444 g/mol. The van der Waals surface area contributed by atoms with E-state index in [1.807, 2.05) is 54.9 Å². The Morgan fingerprint density at radius 1 is 1.10 bits per heavy atom. The molecule has 0 fully saturated rings. The van der Waals surface area contributed by atoms with Gasteiger partial charge >= 0.3 is 0 Å². The van der Waals surface area contributed by atoms with E-state index >= 15 is 0 Å². The quantitative estimate of drug-likeness (QED) is 0.551. The lowest BCUT2D eigenvalue weighted by Crippen LogP contribution is -2.52. The minimum Gasteiger partial charge on any atom is -0.352 e. The van der Waals surface area contributed by atoms with Crippen LogP contribution in [0.5, 0.6) is 0 Å². The highest BCUT2D eigenvalue weighted by molar-refractivity contribution is 5.89. The van der Waals surface area contributed by atoms with Crippen LogP contribution in [0.25, 0.3) is 0 Å². The second kappa shape index (κ2) is 13.2. The van der Waals surface area contributed by atoms with Crippen LogP contribution in [0.3, 0.4) is 0 Å². The molecule has 0 radical (unpaired) electrons. The highest BCUT2D eigenvalue weighted by Gasteiger charge is 2.21. The van der Waals surface area contributed by atoms with Gasteiger partial charge in [-0.2, -0.15) is 0 Å². The van der Waals surface area contributed by atoms with Gasteiger partial charge in [-0.3, -0.25) is 9.59 Å². The lowest BCUT2D eigenvalue weighted by atomic mass is 10.1. The van der Waals surface area contributed by atoms with Crippen LogP contribution in [-0.2, 0) is 22.6 Å². The summed E-state index contributed by atoms with van der Waals surface area (Å²) < 4.78 is 1.96. The lowest BCUT2D eigenvalue weighted by molar-refractivity contribution is -0.129. The summed E-state index contributed by atoms with van der Waals surface area (Å²) in [5.74, 6) is -0.573. The van der Waals surface area contributed by atoms with Crippen LogP contribution >= 0.6 is 24.8 Å². The summed E-state index contributed by atoms with van der Waals surface area (Å²) in [5, 5.41) is 5.50. The van der Waals surface area contributed by atoms with E-state index < -0.39 is 12.1 Å². The second-order valence-corrected chi connectivity index (χ2v) is 6.88. The highest BCUT2D eigenvalue weighted by atomic mass is 35.5. The molecule has 0 saturated carbocycles. The minimum atomic E-state index is -0.760. The van der Waals surface area contributed by atoms with Gasteiger partial charge in [0.25, 0.3) is 0 Å². The van der Waals surface area contributed by atoms with Crippen LogP contribution in [-0.4, -0.2) is 39.5 Å². The molecule has 162 valence electrons. The fourth-order valence-corrected chi connectivity index (χ4v) is 2.57. The van der Waals surface area contributed by atoms with Crippen molar-refractivity contribution in [1.29, 1.82) is 0 Å². The summed E-state index contributed by atoms with van der Waals surface area (Å²) in [6.45, 7) is 6.27. The van der Waals surface area contributed by atoms with Gasteiger partial charge in [-0.25, -0.2) is 4.98 Å². The van der Waals surface area contributed by atoms with Crippen molar-refractivity contribution in [2.24, 2.45) is 5.73 Å². The smallest absolute Gasteiger partial charge is 0.242 e. The number of nitrogens with two attached hydrogens (primary N) is 1. The fourth-order valence-electron chi connectivity index (χ4n) is 2.57. The average Bonchev–Trinajstić information content (AvgIpc) is 3.08. The number of nitrogens with zero attached hydrogens (tertiary/aromatic N) is 2. The van der Waals surface area contributed by atoms with Gasteiger partial charge in [0.2, 0.25) is 11.8 Å². The van der Waals surface area contributed by atoms with Gasteiger partial charge in [0.1, 0.15) is 6.04 Å². The maximum Gasteiger partial charge on any atom is 0.242 e. The van der Waals surface area contributed by atoms with Crippen molar-refractivity contribution in [2.75, 3.05) is 0 Å². The van der Waals surface area contributed by atoms with Crippen molar-refractivity contribution in [3.63, 3.8) is 0 Å². The monoisotopic (exact) mass is 443 g/mol. The molecule has 29 heavy (non-hydrogen) atoms. The van der Waals surface area contributed by atoms with Gasteiger partial charge in [-0.1, -0.05) is 37.3 Å². The Hall–Kier alpha value is -2.09. The van der Waals surface area contributed by atoms with E-state index in [4.69, 9.17) is 5.73 Å². The molecule has 2 aromatic rings. The molecule has 1 aromatic heterocycles. The third-order valence-corrected chi connectivity index (χ3v) is 4.41. The SMILES string of the molecule is CCC(C)NC(=O)C(C)NC(=O)[C@@H](N)Cc1cn(Cc2ccccc2)cn1.Cl.Cl. The third-order valence-electron chi connectivity index (χ3n) is 4.41. The molecule has 2 rings (SSSR count). The molecule has 4 N–H and O–H groups in total. The zero-order valence-electron chi connectivity index (χ0n) is 17.0. The molecule has 0 aliphatic carbocycles. The fraction of sp³-hybridized carbons (Fsp3) is 0.450. The standard InChI is InChI=1S/C20H29N5O2.2ClH/c1-4-14(2)23-19(26)15(3)24-20(27)18(21)10-17-12-25(13-22-17)11-16-8-6-5-7-9-16;;/h5-9,12-15,18H,4,10-11,21H2,1-3H3,(H,23,26)(H,24,27);2*1H/t14?,15?,18-;;/m0../s1. The summed E-state index contributed by atoms with van der Waals surface area (Å²) in [6, 6.07) is 8.73. The molecule has 1 heterocycles. The Morgan fingerprint density at radius 2 is 1.76 bits per heavy atom. The van der Waals surface area contributed by atoms with Crippen LogP contribution in [0.4, 0.5) is 0 Å². The van der Waals surface area contributed by atoms with Gasteiger partial charge in [-0.15, -0.1) is 24.8 Å². The largest absolute Gasteiger partial charge is 0.352 e. The van der Waals surface area contributed by atoms with Crippen LogP contribution in [0.1, 0.15) is 38.4 Å². The molecule has 0 bridgehead atoms. The molecular weight excluding hydrogens is 413 g/mol. The third kappa shape index (κ3) is 8.85. The summed E-state index contributed by atoms with van der Waals surface area (Å²) in [4.78, 5) is 28.6. The van der Waals surface area contributed by atoms with E-state index in [1.54, 1.807) is 13.3 Å². The van der Waals surface area contributed by atoms with Crippen LogP contribution in [0.15, 0.2) is 42.9 Å². The van der Waals surface area contributed by atoms with Crippen molar-refractivity contribution in [2.45, 2.75) is 58.3 Å². The normalized spacial score (nSPS) is 13.2. The summed E-state index contributed by atoms with van der Waals surface area (Å²) in [7, 11) is 0. The van der Waals surface area contributed by atoms with Gasteiger partial charge in [-0.05, 0) is 25.8 Å². The Bertz CT molecular complexity index is 754. The Labute approximate surface area is 184 Å². The predicted molar refractivity (Wildman–Crippen MR) is 119 cm³/mol. The first-order valence-corrected chi connectivity index (χ1v) is 9.30. The first-order valence-electron chi connectivity index (χ1n) is 9.30. The lowest BCUT2D eigenvalue weighted by Gasteiger charge is -2.19. The van der Waals surface area contributed by atoms with Crippen LogP contribution in [0.2, 0.25) is 0 Å². The summed E-state index contributed by atoms with van der Waals surface area (Å²) in [6.07, 6.45) is 4.76. The number of nitrogens with one attached hydrogen (secondary N) is 2. The number of halogens is 2. The topological polar surface area (TPSA) is 102 Å². The highest BCUT2D eigenvalue weighted by Crippen LogP contribution is 2.05. The molecular formula is C20H31Cl2N5O2. The Balaban J connectivity index is 0.00000392. The van der Waals surface area contributed by atoms with Gasteiger partial charge in [0, 0.05) is 25.2 Å². The summed E-state index contributed by atoms with van der Waals surface area (Å²) >= 11 is 0. The molecule has 0 aliphatic heterocycles. The van der Waals surface area contributed by atoms with Gasteiger partial charge in [0.15, 0.2) is 0 Å². The second-order valence-electron chi connectivity index (χ2n) is 6.88. The van der Waals surface area contributed by atoms with Crippen molar-refractivity contribution in [3.05, 3.63) is 54.1 Å². The first-order chi connectivity index (χ1) is 12.9. The van der Waals surface area contributed by atoms with Crippen molar-refractivity contribution in [3.8, 4) is 0 Å². The number of carbonyl (C=O) groups is 2. The molecule has 9 heteroatoms. The minimum absolute atomic E-state index is 0. The van der Waals surface area contributed by atoms with E-state index in [2.05, 4.69) is 15.6 Å². The predicted octanol–water partition coefficient (Wildman–Crippen LogP) is 2.06. The molecule has 0 saturated heterocycles. The van der Waals surface area contributed by atoms with E-state index in [0.29, 0.717) is 13.0 Å². The van der Waals surface area contributed by atoms with Gasteiger partial charge < -0.3 is 20.9 Å². The summed E-state index contributed by atoms with van der Waals surface area (Å²) in [5.41, 5.74) is 7.91. The zero-order valence-corrected chi connectivity index (χ0v) is 18.6. The molecule has 2 amide bonds. The number of benzene rings is 1. The van der Waals surface area contributed by atoms with E-state index in [0.717, 1.165) is 12.1 Å². The molecule has 2 unspecified atom stereocenters. The maximum absolute atomic E-state index is 12.3. The Morgan fingerprint density at radius 3 is 2.38 bits per heavy atom. The van der Waals surface area contributed by atoms with E-state index in [1.165, 1.54) is 5.56 Å². The number of hydrogen-bond donors (Lipinski definition) is 3. The molecule has 1 aromatic carbocycles.